The number of hydrogen-bond acceptors (Lipinski definition) is 3. The summed E-state index contributed by atoms with van der Waals surface area (Å²) in [6, 6.07) is 12.5. The van der Waals surface area contributed by atoms with E-state index in [-0.39, 0.29) is 6.10 Å². The molecule has 2 heterocycles. The molecule has 120 valence electrons. The van der Waals surface area contributed by atoms with E-state index in [1.165, 1.54) is 11.3 Å². The van der Waals surface area contributed by atoms with Gasteiger partial charge in [-0.05, 0) is 30.4 Å². The predicted molar refractivity (Wildman–Crippen MR) is 90.7 cm³/mol. The van der Waals surface area contributed by atoms with Gasteiger partial charge in [0, 0.05) is 19.6 Å². The van der Waals surface area contributed by atoms with Crippen LogP contribution in [0.3, 0.4) is 0 Å². The average molecular weight is 309 g/mol. The zero-order valence-electron chi connectivity index (χ0n) is 13.3. The summed E-state index contributed by atoms with van der Waals surface area (Å²) in [4.78, 5) is 2.42. The van der Waals surface area contributed by atoms with E-state index in [2.05, 4.69) is 57.2 Å². The summed E-state index contributed by atoms with van der Waals surface area (Å²) in [5.41, 5.74) is 3.33. The van der Waals surface area contributed by atoms with E-state index in [9.17, 15) is 5.11 Å². The number of nitrogens with zero attached hydrogens (tertiary/aromatic N) is 3. The molecule has 0 spiro atoms. The Balaban J connectivity index is 1.37. The molecule has 0 amide bonds. The molecule has 1 atom stereocenters. The Kier molecular flexibility index (Phi) is 4.02. The Morgan fingerprint density at radius 3 is 2.83 bits per heavy atom. The fourth-order valence-electron chi connectivity index (χ4n) is 3.20. The van der Waals surface area contributed by atoms with Crippen molar-refractivity contribution in [1.82, 2.24) is 14.7 Å². The molecular formula is C19H23N3O. The molecule has 1 N–H and O–H groups in total. The summed E-state index contributed by atoms with van der Waals surface area (Å²) in [6.45, 7) is 3.77. The topological polar surface area (TPSA) is 41.3 Å². The van der Waals surface area contributed by atoms with Crippen molar-refractivity contribution >= 4 is 6.08 Å². The van der Waals surface area contributed by atoms with Gasteiger partial charge in [0.1, 0.15) is 6.10 Å². The highest BCUT2D eigenvalue weighted by Gasteiger charge is 2.33. The van der Waals surface area contributed by atoms with Crippen LogP contribution in [-0.2, 0) is 13.1 Å². The van der Waals surface area contributed by atoms with Gasteiger partial charge in [0.15, 0.2) is 0 Å². The number of aliphatic hydroxyl groups excluding tert-OH is 1. The summed E-state index contributed by atoms with van der Waals surface area (Å²) >= 11 is 0. The maximum absolute atomic E-state index is 10.2. The van der Waals surface area contributed by atoms with Gasteiger partial charge in [0.2, 0.25) is 0 Å². The molecule has 4 heteroatoms. The molecule has 1 unspecified atom stereocenters. The first kappa shape index (κ1) is 14.7. The molecule has 0 radical (unpaired) electrons. The minimum atomic E-state index is -0.362. The molecule has 0 bridgehead atoms. The van der Waals surface area contributed by atoms with Crippen molar-refractivity contribution in [1.29, 1.82) is 0 Å². The van der Waals surface area contributed by atoms with Crippen molar-refractivity contribution < 1.29 is 5.11 Å². The largest absolute Gasteiger partial charge is 0.386 e. The molecule has 23 heavy (non-hydrogen) atoms. The molecular weight excluding hydrogens is 286 g/mol. The zero-order chi connectivity index (χ0) is 15.6. The van der Waals surface area contributed by atoms with Crippen LogP contribution in [0, 0.1) is 5.92 Å². The predicted octanol–water partition coefficient (Wildman–Crippen LogP) is 2.86. The van der Waals surface area contributed by atoms with Crippen LogP contribution in [0.15, 0.2) is 42.5 Å². The highest BCUT2D eigenvalue weighted by Crippen LogP contribution is 2.40. The molecule has 4 nitrogen and oxygen atoms in total. The fourth-order valence-corrected chi connectivity index (χ4v) is 3.20. The Hall–Kier alpha value is -1.91. The SMILES string of the molecule is OC(c1cc2n(n1)CCN(C/C=C/c1ccccc1)C2)C1CC1. The lowest BCUT2D eigenvalue weighted by molar-refractivity contribution is 0.147. The number of fused-ring (bicyclic) bond motifs is 1. The monoisotopic (exact) mass is 309 g/mol. The first-order chi connectivity index (χ1) is 11.3. The van der Waals surface area contributed by atoms with E-state index in [1.807, 2.05) is 6.07 Å². The number of aliphatic hydroxyl groups is 1. The second-order valence-electron chi connectivity index (χ2n) is 6.61. The van der Waals surface area contributed by atoms with Gasteiger partial charge >= 0.3 is 0 Å². The van der Waals surface area contributed by atoms with Crippen LogP contribution in [-0.4, -0.2) is 32.9 Å². The first-order valence-corrected chi connectivity index (χ1v) is 8.48. The Labute approximate surface area is 137 Å². The van der Waals surface area contributed by atoms with Crippen molar-refractivity contribution in [2.45, 2.75) is 32.0 Å². The maximum atomic E-state index is 10.2. The fraction of sp³-hybridized carbons (Fsp3) is 0.421. The first-order valence-electron chi connectivity index (χ1n) is 8.48. The second-order valence-corrected chi connectivity index (χ2v) is 6.61. The van der Waals surface area contributed by atoms with Gasteiger partial charge < -0.3 is 5.11 Å². The van der Waals surface area contributed by atoms with Gasteiger partial charge in [-0.15, -0.1) is 0 Å². The zero-order valence-corrected chi connectivity index (χ0v) is 13.3. The lowest BCUT2D eigenvalue weighted by Gasteiger charge is -2.26. The lowest BCUT2D eigenvalue weighted by atomic mass is 10.1. The summed E-state index contributed by atoms with van der Waals surface area (Å²) in [5.74, 6) is 0.442. The standard InChI is InChI=1S/C19H23N3O/c23-19(16-8-9-16)18-13-17-14-21(11-12-22(17)20-18)10-4-7-15-5-2-1-3-6-15/h1-7,13,16,19,23H,8-12,14H2/b7-4+. The van der Waals surface area contributed by atoms with Gasteiger partial charge in [0.05, 0.1) is 17.9 Å². The highest BCUT2D eigenvalue weighted by atomic mass is 16.3. The molecule has 1 aromatic heterocycles. The number of hydrogen-bond donors (Lipinski definition) is 1. The summed E-state index contributed by atoms with van der Waals surface area (Å²) in [7, 11) is 0. The number of benzene rings is 1. The number of aromatic nitrogens is 2. The van der Waals surface area contributed by atoms with Crippen LogP contribution in [0.5, 0.6) is 0 Å². The van der Waals surface area contributed by atoms with Gasteiger partial charge in [-0.1, -0.05) is 42.5 Å². The van der Waals surface area contributed by atoms with Crippen molar-refractivity contribution in [2.24, 2.45) is 5.92 Å². The lowest BCUT2D eigenvalue weighted by Crippen LogP contribution is -2.33. The smallest absolute Gasteiger partial charge is 0.101 e. The average Bonchev–Trinajstić information content (AvgIpc) is 3.34. The van der Waals surface area contributed by atoms with E-state index in [0.29, 0.717) is 5.92 Å². The van der Waals surface area contributed by atoms with Crippen molar-refractivity contribution in [3.05, 3.63) is 59.4 Å². The van der Waals surface area contributed by atoms with Crippen LogP contribution in [0.25, 0.3) is 6.08 Å². The third-order valence-corrected chi connectivity index (χ3v) is 4.74. The third kappa shape index (κ3) is 3.38. The molecule has 1 aliphatic carbocycles. The van der Waals surface area contributed by atoms with Crippen molar-refractivity contribution in [2.75, 3.05) is 13.1 Å². The normalized spacial score (nSPS) is 19.9. The summed E-state index contributed by atoms with van der Waals surface area (Å²) in [6.07, 6.45) is 6.31. The van der Waals surface area contributed by atoms with E-state index in [4.69, 9.17) is 0 Å². The maximum Gasteiger partial charge on any atom is 0.101 e. The quantitative estimate of drug-likeness (QED) is 0.923. The van der Waals surface area contributed by atoms with Crippen molar-refractivity contribution in [3.8, 4) is 0 Å². The molecule has 1 fully saturated rings. The van der Waals surface area contributed by atoms with E-state index in [1.54, 1.807) is 0 Å². The van der Waals surface area contributed by atoms with Gasteiger partial charge in [-0.25, -0.2) is 0 Å². The molecule has 4 rings (SSSR count). The third-order valence-electron chi connectivity index (χ3n) is 4.74. The molecule has 2 aromatic rings. The Morgan fingerprint density at radius 2 is 2.04 bits per heavy atom. The number of rotatable bonds is 5. The molecule has 1 aliphatic heterocycles. The highest BCUT2D eigenvalue weighted by molar-refractivity contribution is 5.48. The molecule has 1 aromatic carbocycles. The van der Waals surface area contributed by atoms with Gasteiger partial charge in [-0.3, -0.25) is 9.58 Å². The van der Waals surface area contributed by atoms with Crippen LogP contribution in [0.1, 0.15) is 35.9 Å². The van der Waals surface area contributed by atoms with Gasteiger partial charge in [0.25, 0.3) is 0 Å². The molecule has 2 aliphatic rings. The summed E-state index contributed by atoms with van der Waals surface area (Å²) in [5, 5.41) is 14.8. The van der Waals surface area contributed by atoms with E-state index < -0.39 is 0 Å². The van der Waals surface area contributed by atoms with Gasteiger partial charge in [-0.2, -0.15) is 5.10 Å². The molecule has 1 saturated carbocycles. The van der Waals surface area contributed by atoms with E-state index in [0.717, 1.165) is 44.7 Å². The Bertz CT molecular complexity index is 688. The van der Waals surface area contributed by atoms with E-state index >= 15 is 0 Å². The van der Waals surface area contributed by atoms with Crippen LogP contribution in [0.2, 0.25) is 0 Å². The second kappa shape index (κ2) is 6.30. The molecule has 0 saturated heterocycles. The van der Waals surface area contributed by atoms with Crippen LogP contribution in [0.4, 0.5) is 0 Å². The van der Waals surface area contributed by atoms with Crippen LogP contribution < -0.4 is 0 Å². The minimum absolute atomic E-state index is 0.362. The van der Waals surface area contributed by atoms with Crippen molar-refractivity contribution in [3.63, 3.8) is 0 Å². The summed E-state index contributed by atoms with van der Waals surface area (Å²) < 4.78 is 2.07. The Morgan fingerprint density at radius 1 is 1.22 bits per heavy atom. The van der Waals surface area contributed by atoms with Crippen LogP contribution >= 0.6 is 0 Å². The minimum Gasteiger partial charge on any atom is -0.386 e.